The summed E-state index contributed by atoms with van der Waals surface area (Å²) in [6.45, 7) is 6.86. The average molecular weight is 390 g/mol. The Morgan fingerprint density at radius 3 is 2.33 bits per heavy atom. The summed E-state index contributed by atoms with van der Waals surface area (Å²) in [5.74, 6) is -0.160. The maximum absolute atomic E-state index is 11.2. The molecule has 9 atom stereocenters. The van der Waals surface area contributed by atoms with E-state index in [0.717, 1.165) is 0 Å². The molecule has 2 rings (SSSR count). The van der Waals surface area contributed by atoms with E-state index in [1.165, 1.54) is 0 Å². The van der Waals surface area contributed by atoms with Gasteiger partial charge in [-0.2, -0.15) is 0 Å². The molecule has 6 N–H and O–H groups in total. The zero-order valence-corrected chi connectivity index (χ0v) is 16.4. The Bertz CT molecular complexity index is 522. The zero-order valence-electron chi connectivity index (χ0n) is 16.4. The maximum Gasteiger partial charge on any atom is 0.187 e. The molecule has 2 fully saturated rings. The lowest BCUT2D eigenvalue weighted by Gasteiger charge is -2.50. The molecule has 8 nitrogen and oxygen atoms in total. The van der Waals surface area contributed by atoms with Crippen LogP contribution in [-0.2, 0) is 9.47 Å². The van der Waals surface area contributed by atoms with E-state index < -0.39 is 60.5 Å². The van der Waals surface area contributed by atoms with Crippen molar-refractivity contribution in [1.82, 2.24) is 0 Å². The molecule has 0 bridgehead atoms. The largest absolute Gasteiger partial charge is 0.394 e. The third-order valence-electron chi connectivity index (χ3n) is 6.03. The molecule has 0 spiro atoms. The van der Waals surface area contributed by atoms with Gasteiger partial charge in [-0.15, -0.1) is 0 Å². The first-order valence-electron chi connectivity index (χ1n) is 9.48. The molecule has 1 heterocycles. The third-order valence-corrected chi connectivity index (χ3v) is 6.03. The summed E-state index contributed by atoms with van der Waals surface area (Å²) in [5.41, 5.74) is -1.68. The summed E-state index contributed by atoms with van der Waals surface area (Å²) < 4.78 is 10.9. The van der Waals surface area contributed by atoms with Gasteiger partial charge in [0.1, 0.15) is 24.4 Å². The first kappa shape index (κ1) is 22.7. The Hall–Kier alpha value is -0.580. The Balaban J connectivity index is 2.07. The molecule has 2 aliphatic rings. The lowest BCUT2D eigenvalue weighted by atomic mass is 9.60. The van der Waals surface area contributed by atoms with E-state index in [-0.39, 0.29) is 5.92 Å². The summed E-state index contributed by atoms with van der Waals surface area (Å²) in [4.78, 5) is 0. The van der Waals surface area contributed by atoms with Crippen molar-refractivity contribution in [1.29, 1.82) is 0 Å². The van der Waals surface area contributed by atoms with Crippen LogP contribution in [0.25, 0.3) is 0 Å². The third kappa shape index (κ3) is 4.54. The zero-order chi connectivity index (χ0) is 20.6. The average Bonchev–Trinajstić information content (AvgIpc) is 2.58. The fourth-order valence-electron chi connectivity index (χ4n) is 4.20. The molecular formula is C19H34O8. The highest BCUT2D eigenvalue weighted by atomic mass is 16.7. The van der Waals surface area contributed by atoms with E-state index in [9.17, 15) is 30.6 Å². The number of aliphatic hydroxyl groups is 6. The quantitative estimate of drug-likeness (QED) is 0.339. The van der Waals surface area contributed by atoms with Gasteiger partial charge < -0.3 is 40.1 Å². The monoisotopic (exact) mass is 390 g/mol. The number of aliphatic hydroxyl groups excluding tert-OH is 5. The smallest absolute Gasteiger partial charge is 0.187 e. The minimum Gasteiger partial charge on any atom is -0.394 e. The second-order valence-electron chi connectivity index (χ2n) is 8.60. The van der Waals surface area contributed by atoms with Crippen molar-refractivity contribution >= 4 is 0 Å². The number of hydrogen-bond acceptors (Lipinski definition) is 8. The second kappa shape index (κ2) is 8.42. The van der Waals surface area contributed by atoms with Crippen molar-refractivity contribution in [3.8, 4) is 0 Å². The molecule has 0 aromatic heterocycles. The first-order chi connectivity index (χ1) is 12.4. The predicted octanol–water partition coefficient (Wildman–Crippen LogP) is -0.704. The van der Waals surface area contributed by atoms with E-state index in [2.05, 4.69) is 0 Å². The number of hydrogen-bond donors (Lipinski definition) is 6. The van der Waals surface area contributed by atoms with Crippen LogP contribution in [0.1, 0.15) is 40.5 Å². The van der Waals surface area contributed by atoms with Crippen molar-refractivity contribution in [2.75, 3.05) is 6.61 Å². The highest BCUT2D eigenvalue weighted by Crippen LogP contribution is 2.48. The van der Waals surface area contributed by atoms with E-state index in [0.29, 0.717) is 12.8 Å². The molecule has 0 radical (unpaired) electrons. The predicted molar refractivity (Wildman–Crippen MR) is 96.6 cm³/mol. The van der Waals surface area contributed by atoms with Crippen molar-refractivity contribution in [3.63, 3.8) is 0 Å². The Labute approximate surface area is 160 Å². The summed E-state index contributed by atoms with van der Waals surface area (Å²) in [6.07, 6.45) is -3.42. The van der Waals surface area contributed by atoms with Crippen LogP contribution in [-0.4, -0.2) is 85.8 Å². The fraction of sp³-hybridized carbons (Fsp3) is 0.895. The summed E-state index contributed by atoms with van der Waals surface area (Å²) >= 11 is 0. The molecule has 0 aromatic rings. The minimum absolute atomic E-state index is 0.160. The van der Waals surface area contributed by atoms with Crippen molar-refractivity contribution in [2.45, 2.75) is 89.1 Å². The van der Waals surface area contributed by atoms with E-state index in [4.69, 9.17) is 9.47 Å². The van der Waals surface area contributed by atoms with Crippen LogP contribution < -0.4 is 0 Å². The van der Waals surface area contributed by atoms with E-state index >= 15 is 0 Å². The van der Waals surface area contributed by atoms with Gasteiger partial charge in [0.2, 0.25) is 0 Å². The molecule has 0 amide bonds. The summed E-state index contributed by atoms with van der Waals surface area (Å²) in [7, 11) is 0. The highest BCUT2D eigenvalue weighted by Gasteiger charge is 2.50. The Morgan fingerprint density at radius 1 is 1.15 bits per heavy atom. The molecule has 27 heavy (non-hydrogen) atoms. The number of ether oxygens (including phenoxy) is 2. The van der Waals surface area contributed by atoms with E-state index in [1.54, 1.807) is 19.1 Å². The van der Waals surface area contributed by atoms with Gasteiger partial charge in [-0.1, -0.05) is 32.9 Å². The number of rotatable bonds is 5. The molecule has 1 unspecified atom stereocenters. The fourth-order valence-corrected chi connectivity index (χ4v) is 4.20. The van der Waals surface area contributed by atoms with Crippen LogP contribution in [0.3, 0.4) is 0 Å². The molecule has 158 valence electrons. The standard InChI is InChI=1S/C19H34O8/c1-10-7-12(21)8-18(3,4)19(10,25)6-5-11(2)26-17-16(24)15(23)14(22)13(9-20)27-17/h5-6,10-17,20-25H,7-9H2,1-4H3/b6-5+/t10-,11?,12+,13+,14+,15-,16+,17+,19-/m0/s1. The molecule has 0 aromatic carbocycles. The SMILES string of the molecule is CC(/C=C/[C@]1(O)[C@@H](C)C[C@@H](O)CC1(C)C)O[C@@H]1O[C@H](CO)[C@@H](O)[C@H](O)[C@H]1O. The van der Waals surface area contributed by atoms with Crippen LogP contribution in [0.2, 0.25) is 0 Å². The molecule has 1 saturated carbocycles. The molecule has 1 aliphatic heterocycles. The summed E-state index contributed by atoms with van der Waals surface area (Å²) in [6, 6.07) is 0. The Kier molecular flexibility index (Phi) is 7.08. The van der Waals surface area contributed by atoms with Gasteiger partial charge in [-0.25, -0.2) is 0 Å². The van der Waals surface area contributed by atoms with Crippen LogP contribution >= 0.6 is 0 Å². The molecule has 1 saturated heterocycles. The topological polar surface area (TPSA) is 140 Å². The molecular weight excluding hydrogens is 356 g/mol. The van der Waals surface area contributed by atoms with Crippen LogP contribution in [0.15, 0.2) is 12.2 Å². The van der Waals surface area contributed by atoms with Gasteiger partial charge in [0.05, 0.1) is 24.4 Å². The summed E-state index contributed by atoms with van der Waals surface area (Å²) in [5, 5.41) is 60.1. The van der Waals surface area contributed by atoms with Crippen molar-refractivity contribution in [3.05, 3.63) is 12.2 Å². The maximum atomic E-state index is 11.2. The van der Waals surface area contributed by atoms with Gasteiger partial charge in [0.25, 0.3) is 0 Å². The lowest BCUT2D eigenvalue weighted by Crippen LogP contribution is -2.59. The van der Waals surface area contributed by atoms with E-state index in [1.807, 2.05) is 20.8 Å². The van der Waals surface area contributed by atoms with Gasteiger partial charge in [-0.05, 0) is 31.1 Å². The highest BCUT2D eigenvalue weighted by molar-refractivity contribution is 5.15. The minimum atomic E-state index is -1.50. The lowest BCUT2D eigenvalue weighted by molar-refractivity contribution is -0.306. The molecule has 1 aliphatic carbocycles. The van der Waals surface area contributed by atoms with Crippen LogP contribution in [0, 0.1) is 11.3 Å². The van der Waals surface area contributed by atoms with Gasteiger partial charge in [0.15, 0.2) is 6.29 Å². The molecule has 8 heteroatoms. The Morgan fingerprint density at radius 2 is 1.78 bits per heavy atom. The van der Waals surface area contributed by atoms with Gasteiger partial charge >= 0.3 is 0 Å². The van der Waals surface area contributed by atoms with Crippen molar-refractivity contribution in [2.24, 2.45) is 11.3 Å². The van der Waals surface area contributed by atoms with Gasteiger partial charge in [-0.3, -0.25) is 0 Å². The second-order valence-corrected chi connectivity index (χ2v) is 8.60. The van der Waals surface area contributed by atoms with Crippen molar-refractivity contribution < 1.29 is 40.1 Å². The van der Waals surface area contributed by atoms with Gasteiger partial charge in [0, 0.05) is 0 Å². The normalized spacial score (nSPS) is 46.5. The first-order valence-corrected chi connectivity index (χ1v) is 9.48. The van der Waals surface area contributed by atoms with Crippen LogP contribution in [0.5, 0.6) is 0 Å². The van der Waals surface area contributed by atoms with Crippen LogP contribution in [0.4, 0.5) is 0 Å².